The smallest absolute Gasteiger partial charge is 0.306 e. The van der Waals surface area contributed by atoms with Gasteiger partial charge in [0.1, 0.15) is 6.10 Å². The van der Waals surface area contributed by atoms with Gasteiger partial charge in [0, 0.05) is 12.8 Å². The maximum Gasteiger partial charge on any atom is 0.306 e. The third kappa shape index (κ3) is 22.0. The Labute approximate surface area is 206 Å². The monoisotopic (exact) mass is 458 g/mol. The molecule has 2 nitrogen and oxygen atoms in total. The molecule has 0 rings (SSSR count). The fourth-order valence-corrected chi connectivity index (χ4v) is 3.78. The normalized spacial score (nSPS) is 12.9. The van der Waals surface area contributed by atoms with Crippen molar-refractivity contribution in [1.29, 1.82) is 0 Å². The molecule has 190 valence electrons. The van der Waals surface area contributed by atoms with Gasteiger partial charge in [-0.3, -0.25) is 4.79 Å². The van der Waals surface area contributed by atoms with E-state index in [0.29, 0.717) is 6.42 Å². The van der Waals surface area contributed by atoms with Crippen molar-refractivity contribution in [3.05, 3.63) is 46.6 Å². The van der Waals surface area contributed by atoms with Crippen LogP contribution in [0.2, 0.25) is 0 Å². The van der Waals surface area contributed by atoms with Gasteiger partial charge in [-0.2, -0.15) is 0 Å². The van der Waals surface area contributed by atoms with Crippen LogP contribution in [-0.4, -0.2) is 12.1 Å². The van der Waals surface area contributed by atoms with E-state index in [4.69, 9.17) is 4.74 Å². The molecule has 1 unspecified atom stereocenters. The van der Waals surface area contributed by atoms with E-state index < -0.39 is 0 Å². The Morgan fingerprint density at radius 2 is 1.18 bits per heavy atom. The van der Waals surface area contributed by atoms with Crippen LogP contribution in [0.3, 0.4) is 0 Å². The highest BCUT2D eigenvalue weighted by molar-refractivity contribution is 5.69. The molecule has 1 atom stereocenters. The highest BCUT2D eigenvalue weighted by Gasteiger charge is 2.12. The van der Waals surface area contributed by atoms with E-state index in [1.165, 1.54) is 60.8 Å². The Hall–Kier alpha value is -1.57. The second kappa shape index (κ2) is 21.0. The molecule has 0 radical (unpaired) electrons. The summed E-state index contributed by atoms with van der Waals surface area (Å²) in [7, 11) is 0. The lowest BCUT2D eigenvalue weighted by Gasteiger charge is -2.15. The highest BCUT2D eigenvalue weighted by atomic mass is 16.5. The number of allylic oxidation sites excluding steroid dienone is 6. The molecule has 2 heteroatoms. The Morgan fingerprint density at radius 1 is 0.667 bits per heavy atom. The average Bonchev–Trinajstić information content (AvgIpc) is 2.73. The number of carbonyl (C=O) groups excluding carboxylic acids is 1. The molecule has 0 spiro atoms. The van der Waals surface area contributed by atoms with Crippen LogP contribution in [0.25, 0.3) is 0 Å². The number of carbonyl (C=O) groups is 1. The van der Waals surface area contributed by atoms with Crippen molar-refractivity contribution in [3.63, 3.8) is 0 Å². The number of hydrogen-bond donors (Lipinski definition) is 0. The summed E-state index contributed by atoms with van der Waals surface area (Å²) < 4.78 is 5.91. The molecular formula is C31H54O2. The molecule has 0 aliphatic carbocycles. The topological polar surface area (TPSA) is 26.3 Å². The highest BCUT2D eigenvalue weighted by Crippen LogP contribution is 2.16. The first-order valence-corrected chi connectivity index (χ1v) is 13.5. The minimum absolute atomic E-state index is 0.0464. The number of rotatable bonds is 19. The van der Waals surface area contributed by atoms with Gasteiger partial charge in [-0.05, 0) is 79.7 Å². The first kappa shape index (κ1) is 31.4. The van der Waals surface area contributed by atoms with Gasteiger partial charge in [-0.25, -0.2) is 0 Å². The van der Waals surface area contributed by atoms with E-state index >= 15 is 0 Å². The third-order valence-electron chi connectivity index (χ3n) is 5.87. The summed E-state index contributed by atoms with van der Waals surface area (Å²) in [6.07, 6.45) is 24.2. The van der Waals surface area contributed by atoms with Crippen LogP contribution in [0.15, 0.2) is 46.6 Å². The van der Waals surface area contributed by atoms with Gasteiger partial charge in [0.2, 0.25) is 0 Å². The summed E-state index contributed by atoms with van der Waals surface area (Å²) in [6, 6.07) is 0. The fourth-order valence-electron chi connectivity index (χ4n) is 3.78. The molecule has 0 bridgehead atoms. The average molecular weight is 459 g/mol. The molecule has 0 N–H and O–H groups in total. The number of ether oxygens (including phenoxy) is 1. The Kier molecular flexibility index (Phi) is 20.0. The molecule has 33 heavy (non-hydrogen) atoms. The van der Waals surface area contributed by atoms with Crippen molar-refractivity contribution in [1.82, 2.24) is 0 Å². The Morgan fingerprint density at radius 3 is 1.73 bits per heavy atom. The fraction of sp³-hybridized carbons (Fsp3) is 0.710. The maximum absolute atomic E-state index is 12.5. The van der Waals surface area contributed by atoms with Crippen molar-refractivity contribution in [2.75, 3.05) is 0 Å². The summed E-state index contributed by atoms with van der Waals surface area (Å²) in [5.41, 5.74) is 5.39. The predicted molar refractivity (Wildman–Crippen MR) is 147 cm³/mol. The van der Waals surface area contributed by atoms with E-state index in [1.54, 1.807) is 0 Å². The van der Waals surface area contributed by atoms with E-state index in [2.05, 4.69) is 72.8 Å². The van der Waals surface area contributed by atoms with Gasteiger partial charge in [0.05, 0.1) is 0 Å². The van der Waals surface area contributed by atoms with Crippen molar-refractivity contribution in [2.24, 2.45) is 0 Å². The quantitative estimate of drug-likeness (QED) is 0.109. The maximum atomic E-state index is 12.5. The van der Waals surface area contributed by atoms with Crippen molar-refractivity contribution in [2.45, 2.75) is 144 Å². The van der Waals surface area contributed by atoms with Crippen LogP contribution in [0.5, 0.6) is 0 Å². The molecule has 0 fully saturated rings. The third-order valence-corrected chi connectivity index (χ3v) is 5.87. The number of unbranched alkanes of at least 4 members (excludes halogenated alkanes) is 7. The zero-order chi connectivity index (χ0) is 24.9. The molecular weight excluding hydrogens is 404 g/mol. The summed E-state index contributed by atoms with van der Waals surface area (Å²) in [4.78, 5) is 12.5. The van der Waals surface area contributed by atoms with Crippen LogP contribution in [0.1, 0.15) is 138 Å². The van der Waals surface area contributed by atoms with Crippen LogP contribution in [0.4, 0.5) is 0 Å². The van der Waals surface area contributed by atoms with Crippen LogP contribution >= 0.6 is 0 Å². The summed E-state index contributed by atoms with van der Waals surface area (Å²) in [5.74, 6) is -0.0464. The summed E-state index contributed by atoms with van der Waals surface area (Å²) >= 11 is 0. The summed E-state index contributed by atoms with van der Waals surface area (Å²) in [6.45, 7) is 15.1. The molecule has 0 aliphatic heterocycles. The lowest BCUT2D eigenvalue weighted by atomic mass is 10.0. The second-order valence-corrected chi connectivity index (χ2v) is 10.2. The minimum atomic E-state index is -0.156. The van der Waals surface area contributed by atoms with Crippen LogP contribution in [-0.2, 0) is 9.53 Å². The van der Waals surface area contributed by atoms with E-state index in [-0.39, 0.29) is 12.1 Å². The van der Waals surface area contributed by atoms with E-state index in [1.807, 2.05) is 0 Å². The molecule has 0 heterocycles. The molecule has 0 amide bonds. The van der Waals surface area contributed by atoms with E-state index in [9.17, 15) is 4.79 Å². The van der Waals surface area contributed by atoms with Gasteiger partial charge >= 0.3 is 5.97 Å². The Balaban J connectivity index is 4.69. The van der Waals surface area contributed by atoms with Crippen molar-refractivity contribution in [3.8, 4) is 0 Å². The SMILES string of the molecule is CCCCCCCCCCC(=O)OC(/C=C(\C)CCC=C(C)C)C/C=C(\C)CCC=C(C)C. The zero-order valence-electron chi connectivity index (χ0n) is 23.1. The first-order chi connectivity index (χ1) is 15.7. The second-order valence-electron chi connectivity index (χ2n) is 10.2. The van der Waals surface area contributed by atoms with Gasteiger partial charge in [0.15, 0.2) is 0 Å². The van der Waals surface area contributed by atoms with Gasteiger partial charge in [-0.1, -0.05) is 92.4 Å². The number of hydrogen-bond acceptors (Lipinski definition) is 2. The lowest BCUT2D eigenvalue weighted by Crippen LogP contribution is -2.16. The van der Waals surface area contributed by atoms with Gasteiger partial charge < -0.3 is 4.74 Å². The van der Waals surface area contributed by atoms with Crippen LogP contribution in [0, 0.1) is 0 Å². The summed E-state index contributed by atoms with van der Waals surface area (Å²) in [5, 5.41) is 0. The molecule has 0 aromatic carbocycles. The molecule has 0 aromatic rings. The molecule has 0 aromatic heterocycles. The molecule has 0 saturated carbocycles. The van der Waals surface area contributed by atoms with E-state index in [0.717, 1.165) is 44.9 Å². The molecule has 0 saturated heterocycles. The Bertz CT molecular complexity index is 625. The predicted octanol–water partition coefficient (Wildman–Crippen LogP) is 10.2. The van der Waals surface area contributed by atoms with Gasteiger partial charge in [-0.15, -0.1) is 0 Å². The number of esters is 1. The largest absolute Gasteiger partial charge is 0.458 e. The van der Waals surface area contributed by atoms with Gasteiger partial charge in [0.25, 0.3) is 0 Å². The van der Waals surface area contributed by atoms with Crippen LogP contribution < -0.4 is 0 Å². The lowest BCUT2D eigenvalue weighted by molar-refractivity contribution is -0.146. The minimum Gasteiger partial charge on any atom is -0.458 e. The molecule has 0 aliphatic rings. The van der Waals surface area contributed by atoms with Crippen molar-refractivity contribution >= 4 is 5.97 Å². The van der Waals surface area contributed by atoms with Crippen molar-refractivity contribution < 1.29 is 9.53 Å². The zero-order valence-corrected chi connectivity index (χ0v) is 23.1. The standard InChI is InChI=1S/C31H54O2/c1-8-9-10-11-12-13-14-15-22-31(32)33-30(25-29(7)21-17-19-27(4)5)24-23-28(6)20-16-18-26(2)3/h18-19,23,25,30H,8-17,20-22,24H2,1-7H3/b28-23+,29-25+. The first-order valence-electron chi connectivity index (χ1n) is 13.5.